The lowest BCUT2D eigenvalue weighted by atomic mass is 11.0. The molecule has 1 heterocycles. The van der Waals surface area contributed by atoms with Crippen molar-refractivity contribution in [2.45, 2.75) is 6.92 Å². The highest BCUT2D eigenvalue weighted by molar-refractivity contribution is 8.13. The van der Waals surface area contributed by atoms with Crippen molar-refractivity contribution in [3.05, 3.63) is 12.4 Å². The number of hydrogen-bond donors (Lipinski definition) is 0. The zero-order valence-corrected chi connectivity index (χ0v) is 5.48. The van der Waals surface area contributed by atoms with Crippen LogP contribution >= 0.6 is 11.8 Å². The summed E-state index contributed by atoms with van der Waals surface area (Å²) >= 11 is 1.66. The van der Waals surface area contributed by atoms with E-state index in [0.717, 1.165) is 10.9 Å². The Kier molecular flexibility index (Phi) is 1.97. The summed E-state index contributed by atoms with van der Waals surface area (Å²) in [5.41, 5.74) is 0. The van der Waals surface area contributed by atoms with E-state index < -0.39 is 0 Å². The number of rotatable bonds is 1. The van der Waals surface area contributed by atoms with E-state index in [1.807, 2.05) is 0 Å². The predicted octanol–water partition coefficient (Wildman–Crippen LogP) is 1.18. The first-order chi connectivity index (χ1) is 3.93. The molecule has 0 fully saturated rings. The molecular formula is C5H7N2S. The molecule has 1 aliphatic heterocycles. The Morgan fingerprint density at radius 2 is 2.50 bits per heavy atom. The second kappa shape index (κ2) is 2.77. The van der Waals surface area contributed by atoms with E-state index in [4.69, 9.17) is 0 Å². The number of nitrogens with zero attached hydrogens (tertiary/aromatic N) is 2. The number of amidine groups is 1. The lowest BCUT2D eigenvalue weighted by Gasteiger charge is -1.90. The van der Waals surface area contributed by atoms with Gasteiger partial charge in [-0.2, -0.15) is 0 Å². The molecule has 8 heavy (non-hydrogen) atoms. The maximum absolute atomic E-state index is 3.96. The maximum atomic E-state index is 3.96. The Morgan fingerprint density at radius 1 is 1.62 bits per heavy atom. The number of thioether (sulfide) groups is 1. The van der Waals surface area contributed by atoms with E-state index in [-0.39, 0.29) is 0 Å². The molecule has 0 saturated heterocycles. The molecule has 1 rings (SSSR count). The van der Waals surface area contributed by atoms with Gasteiger partial charge < -0.3 is 0 Å². The largest absolute Gasteiger partial charge is 0.230 e. The fourth-order valence-electron chi connectivity index (χ4n) is 0.431. The fourth-order valence-corrected chi connectivity index (χ4v) is 0.960. The summed E-state index contributed by atoms with van der Waals surface area (Å²) in [5.74, 6) is 1.05. The van der Waals surface area contributed by atoms with Crippen LogP contribution in [0.4, 0.5) is 0 Å². The van der Waals surface area contributed by atoms with E-state index >= 15 is 0 Å². The van der Waals surface area contributed by atoms with Crippen molar-refractivity contribution < 1.29 is 0 Å². The summed E-state index contributed by atoms with van der Waals surface area (Å²) in [6.07, 6.45) is 3.41. The van der Waals surface area contributed by atoms with Crippen molar-refractivity contribution in [2.24, 2.45) is 4.99 Å². The zero-order valence-electron chi connectivity index (χ0n) is 4.66. The van der Waals surface area contributed by atoms with Gasteiger partial charge in [-0.05, 0) is 5.75 Å². The maximum Gasteiger partial charge on any atom is 0.187 e. The molecule has 43 valence electrons. The number of hydrogen-bond acceptors (Lipinski definition) is 2. The van der Waals surface area contributed by atoms with Crippen LogP contribution in [-0.2, 0) is 0 Å². The van der Waals surface area contributed by atoms with Gasteiger partial charge in [-0.25, -0.2) is 10.3 Å². The Bertz CT molecular complexity index is 128. The first kappa shape index (κ1) is 5.69. The van der Waals surface area contributed by atoms with Crippen LogP contribution in [0.15, 0.2) is 17.4 Å². The molecule has 0 aromatic rings. The minimum absolute atomic E-state index is 0.882. The second-order valence-corrected chi connectivity index (χ2v) is 2.50. The molecular weight excluding hydrogens is 120 g/mol. The summed E-state index contributed by atoms with van der Waals surface area (Å²) in [5, 5.41) is 4.84. The third-order valence-corrected chi connectivity index (χ3v) is 1.47. The molecule has 0 amide bonds. The van der Waals surface area contributed by atoms with Crippen LogP contribution in [0.3, 0.4) is 0 Å². The summed E-state index contributed by atoms with van der Waals surface area (Å²) in [6.45, 7) is 2.08. The molecule has 3 heteroatoms. The van der Waals surface area contributed by atoms with Crippen LogP contribution in [0.5, 0.6) is 0 Å². The van der Waals surface area contributed by atoms with Gasteiger partial charge in [-0.15, -0.1) is 0 Å². The third kappa shape index (κ3) is 1.26. The molecule has 2 nitrogen and oxygen atoms in total. The van der Waals surface area contributed by atoms with E-state index in [1.165, 1.54) is 0 Å². The van der Waals surface area contributed by atoms with Gasteiger partial charge in [0.25, 0.3) is 0 Å². The highest BCUT2D eigenvalue weighted by Crippen LogP contribution is 2.05. The summed E-state index contributed by atoms with van der Waals surface area (Å²) in [6, 6.07) is 0. The van der Waals surface area contributed by atoms with Crippen molar-refractivity contribution in [3.8, 4) is 0 Å². The molecule has 0 aliphatic carbocycles. The Hall–Kier alpha value is -0.440. The Morgan fingerprint density at radius 3 is 3.00 bits per heavy atom. The molecule has 0 saturated carbocycles. The monoisotopic (exact) mass is 127 g/mol. The van der Waals surface area contributed by atoms with Crippen LogP contribution in [-0.4, -0.2) is 10.9 Å². The van der Waals surface area contributed by atoms with Gasteiger partial charge in [0.15, 0.2) is 5.17 Å². The zero-order chi connectivity index (χ0) is 5.82. The lowest BCUT2D eigenvalue weighted by Crippen LogP contribution is -1.99. The molecule has 0 bridgehead atoms. The van der Waals surface area contributed by atoms with Gasteiger partial charge in [-0.1, -0.05) is 18.7 Å². The van der Waals surface area contributed by atoms with Crippen LogP contribution in [0.2, 0.25) is 0 Å². The normalized spacial score (nSPS) is 15.9. The van der Waals surface area contributed by atoms with Crippen molar-refractivity contribution in [3.63, 3.8) is 0 Å². The van der Waals surface area contributed by atoms with Crippen molar-refractivity contribution in [1.82, 2.24) is 5.32 Å². The van der Waals surface area contributed by atoms with E-state index in [1.54, 1.807) is 24.2 Å². The summed E-state index contributed by atoms with van der Waals surface area (Å²) in [7, 11) is 0. The molecule has 1 radical (unpaired) electrons. The van der Waals surface area contributed by atoms with Gasteiger partial charge in [-0.3, -0.25) is 0 Å². The van der Waals surface area contributed by atoms with Crippen LogP contribution < -0.4 is 5.32 Å². The van der Waals surface area contributed by atoms with Crippen LogP contribution in [0.25, 0.3) is 0 Å². The molecule has 0 N–H and O–H groups in total. The van der Waals surface area contributed by atoms with Crippen LogP contribution in [0.1, 0.15) is 6.92 Å². The average Bonchev–Trinajstić information content (AvgIpc) is 2.19. The average molecular weight is 127 g/mol. The highest BCUT2D eigenvalue weighted by Gasteiger charge is 1.98. The molecule has 0 aromatic carbocycles. The standard InChI is InChI=1S/C5H7N2S/c1-2-8-5-6-3-4-7-5/h3-4H,2H2,1H3. The van der Waals surface area contributed by atoms with Gasteiger partial charge in [0.05, 0.1) is 0 Å². The van der Waals surface area contributed by atoms with Gasteiger partial charge in [0, 0.05) is 12.4 Å². The third-order valence-electron chi connectivity index (χ3n) is 0.710. The molecule has 0 aromatic heterocycles. The highest BCUT2D eigenvalue weighted by atomic mass is 32.2. The minimum atomic E-state index is 0.882. The van der Waals surface area contributed by atoms with Crippen LogP contribution in [0, 0.1) is 0 Å². The second-order valence-electron chi connectivity index (χ2n) is 1.27. The van der Waals surface area contributed by atoms with Crippen molar-refractivity contribution in [1.29, 1.82) is 0 Å². The first-order valence-corrected chi connectivity index (χ1v) is 3.48. The molecule has 1 aliphatic rings. The predicted molar refractivity (Wildman–Crippen MR) is 36.8 cm³/mol. The van der Waals surface area contributed by atoms with Gasteiger partial charge >= 0.3 is 0 Å². The summed E-state index contributed by atoms with van der Waals surface area (Å²) < 4.78 is 0. The van der Waals surface area contributed by atoms with Gasteiger partial charge in [0.2, 0.25) is 0 Å². The molecule has 0 unspecified atom stereocenters. The minimum Gasteiger partial charge on any atom is -0.230 e. The summed E-state index contributed by atoms with van der Waals surface area (Å²) in [4.78, 5) is 3.96. The SMILES string of the molecule is CCSC1=NC=C[N]1. The quantitative estimate of drug-likeness (QED) is 0.519. The van der Waals surface area contributed by atoms with E-state index in [9.17, 15) is 0 Å². The van der Waals surface area contributed by atoms with E-state index in [2.05, 4.69) is 17.2 Å². The van der Waals surface area contributed by atoms with E-state index in [0.29, 0.717) is 0 Å². The van der Waals surface area contributed by atoms with Crippen molar-refractivity contribution >= 4 is 16.9 Å². The first-order valence-electron chi connectivity index (χ1n) is 2.50. The smallest absolute Gasteiger partial charge is 0.187 e. The fraction of sp³-hybridized carbons (Fsp3) is 0.400. The Balaban J connectivity index is 2.28. The number of aliphatic imine (C=N–C) groups is 1. The topological polar surface area (TPSA) is 26.5 Å². The lowest BCUT2D eigenvalue weighted by molar-refractivity contribution is 1.33. The van der Waals surface area contributed by atoms with Crippen molar-refractivity contribution in [2.75, 3.05) is 5.75 Å². The Labute approximate surface area is 53.1 Å². The molecule has 0 spiro atoms. The molecule has 0 atom stereocenters. The van der Waals surface area contributed by atoms with Gasteiger partial charge in [0.1, 0.15) is 0 Å².